The summed E-state index contributed by atoms with van der Waals surface area (Å²) >= 11 is 0. The summed E-state index contributed by atoms with van der Waals surface area (Å²) in [4.78, 5) is 12.9. The molecule has 0 rings (SSSR count). The summed E-state index contributed by atoms with van der Waals surface area (Å²) in [5, 5.41) is 6.18. The zero-order chi connectivity index (χ0) is 10.1. The van der Waals surface area contributed by atoms with Gasteiger partial charge in [0.1, 0.15) is 0 Å². The van der Waals surface area contributed by atoms with Gasteiger partial charge >= 0.3 is 0 Å². The fraction of sp³-hybridized carbons (Fsp3) is 0.667. The lowest BCUT2D eigenvalue weighted by molar-refractivity contribution is -0.126. The van der Waals surface area contributed by atoms with Gasteiger partial charge in [-0.25, -0.2) is 0 Å². The largest absolute Gasteiger partial charge is 0.314 e. The van der Waals surface area contributed by atoms with Crippen molar-refractivity contribution in [2.24, 2.45) is 0 Å². The summed E-state index contributed by atoms with van der Waals surface area (Å²) in [6, 6.07) is 0. The second kappa shape index (κ2) is 7.76. The molecule has 0 aliphatic rings. The van der Waals surface area contributed by atoms with E-state index >= 15 is 0 Å². The lowest BCUT2D eigenvalue weighted by Crippen LogP contribution is -2.43. The third-order valence-corrected chi connectivity index (χ3v) is 1.59. The highest BCUT2D eigenvalue weighted by molar-refractivity contribution is 5.86. The monoisotopic (exact) mass is 185 g/mol. The summed E-state index contributed by atoms with van der Waals surface area (Å²) < 4.78 is 0. The average molecular weight is 185 g/mol. The lowest BCUT2D eigenvalue weighted by Gasteiger charge is -2.21. The number of nitrogens with one attached hydrogen (secondary N) is 2. The second-order valence-electron chi connectivity index (χ2n) is 2.61. The highest BCUT2D eigenvalue weighted by atomic mass is 16.2. The van der Waals surface area contributed by atoms with Crippen LogP contribution in [0.5, 0.6) is 0 Å². The number of hydrogen-bond acceptors (Lipinski definition) is 3. The Hall–Kier alpha value is -0.870. The molecule has 13 heavy (non-hydrogen) atoms. The molecule has 0 saturated heterocycles. The molecular formula is C9H19N3O. The Bertz CT molecular complexity index is 151. The van der Waals surface area contributed by atoms with Crippen LogP contribution in [0.25, 0.3) is 0 Å². The van der Waals surface area contributed by atoms with Gasteiger partial charge in [-0.15, -0.1) is 0 Å². The molecule has 0 atom stereocenters. The minimum Gasteiger partial charge on any atom is -0.314 e. The summed E-state index contributed by atoms with van der Waals surface area (Å²) in [6.07, 6.45) is 1.33. The Labute approximate surface area is 80.0 Å². The van der Waals surface area contributed by atoms with Crippen molar-refractivity contribution in [1.82, 2.24) is 15.5 Å². The van der Waals surface area contributed by atoms with E-state index in [1.54, 1.807) is 4.90 Å². The van der Waals surface area contributed by atoms with Crippen LogP contribution in [0, 0.1) is 0 Å². The van der Waals surface area contributed by atoms with E-state index in [1.165, 1.54) is 6.08 Å². The molecule has 0 aliphatic carbocycles. The van der Waals surface area contributed by atoms with Crippen LogP contribution in [-0.4, -0.2) is 37.2 Å². The summed E-state index contributed by atoms with van der Waals surface area (Å²) in [7, 11) is 0. The van der Waals surface area contributed by atoms with Crippen molar-refractivity contribution in [1.29, 1.82) is 0 Å². The van der Waals surface area contributed by atoms with Crippen LogP contribution >= 0.6 is 0 Å². The van der Waals surface area contributed by atoms with Crippen molar-refractivity contribution < 1.29 is 4.79 Å². The minimum atomic E-state index is -0.0538. The number of hydrogen-bond donors (Lipinski definition) is 2. The van der Waals surface area contributed by atoms with Gasteiger partial charge in [0.25, 0.3) is 0 Å². The van der Waals surface area contributed by atoms with E-state index < -0.39 is 0 Å². The highest BCUT2D eigenvalue weighted by Crippen LogP contribution is 1.86. The van der Waals surface area contributed by atoms with Crippen LogP contribution < -0.4 is 10.6 Å². The first kappa shape index (κ1) is 12.1. The van der Waals surface area contributed by atoms with Crippen molar-refractivity contribution in [3.8, 4) is 0 Å². The second-order valence-corrected chi connectivity index (χ2v) is 2.61. The topological polar surface area (TPSA) is 44.4 Å². The first-order chi connectivity index (χ1) is 6.26. The molecule has 1 amide bonds. The maximum absolute atomic E-state index is 11.3. The Balaban J connectivity index is 3.86. The Kier molecular flexibility index (Phi) is 7.24. The van der Waals surface area contributed by atoms with Crippen LogP contribution in [0.2, 0.25) is 0 Å². The maximum Gasteiger partial charge on any atom is 0.248 e. The van der Waals surface area contributed by atoms with Crippen molar-refractivity contribution in [3.63, 3.8) is 0 Å². The van der Waals surface area contributed by atoms with Gasteiger partial charge in [0.2, 0.25) is 5.91 Å². The third kappa shape index (κ3) is 5.38. The summed E-state index contributed by atoms with van der Waals surface area (Å²) in [5.74, 6) is -0.0538. The first-order valence-electron chi connectivity index (χ1n) is 4.59. The van der Waals surface area contributed by atoms with Gasteiger partial charge in [0.15, 0.2) is 0 Å². The molecule has 0 unspecified atom stereocenters. The predicted octanol–water partition coefficient (Wildman–Crippen LogP) is 0.135. The number of carbonyl (C=O) groups excluding carboxylic acids is 1. The van der Waals surface area contributed by atoms with E-state index in [0.717, 1.165) is 13.1 Å². The van der Waals surface area contributed by atoms with E-state index in [4.69, 9.17) is 0 Å². The molecule has 4 nitrogen and oxygen atoms in total. The van der Waals surface area contributed by atoms with Crippen molar-refractivity contribution in [2.45, 2.75) is 13.8 Å². The van der Waals surface area contributed by atoms with Crippen LogP contribution in [0.15, 0.2) is 12.7 Å². The third-order valence-electron chi connectivity index (χ3n) is 1.59. The van der Waals surface area contributed by atoms with Crippen LogP contribution in [0.4, 0.5) is 0 Å². The fourth-order valence-corrected chi connectivity index (χ4v) is 0.834. The average Bonchev–Trinajstić information content (AvgIpc) is 2.17. The van der Waals surface area contributed by atoms with Crippen molar-refractivity contribution in [2.75, 3.05) is 26.4 Å². The van der Waals surface area contributed by atoms with Gasteiger partial charge in [-0.3, -0.25) is 4.79 Å². The molecule has 76 valence electrons. The van der Waals surface area contributed by atoms with E-state index in [0.29, 0.717) is 13.3 Å². The number of amides is 1. The zero-order valence-corrected chi connectivity index (χ0v) is 8.47. The van der Waals surface area contributed by atoms with Gasteiger partial charge in [-0.1, -0.05) is 20.4 Å². The fourth-order valence-electron chi connectivity index (χ4n) is 0.834. The molecule has 0 aromatic heterocycles. The van der Waals surface area contributed by atoms with Gasteiger partial charge < -0.3 is 15.5 Å². The van der Waals surface area contributed by atoms with Gasteiger partial charge in [0, 0.05) is 0 Å². The van der Waals surface area contributed by atoms with E-state index in [2.05, 4.69) is 17.2 Å². The van der Waals surface area contributed by atoms with Crippen molar-refractivity contribution >= 4 is 5.91 Å². The Morgan fingerprint density at radius 3 is 2.08 bits per heavy atom. The number of nitrogens with zero attached hydrogens (tertiary/aromatic N) is 1. The van der Waals surface area contributed by atoms with Gasteiger partial charge in [-0.2, -0.15) is 0 Å². The van der Waals surface area contributed by atoms with Crippen molar-refractivity contribution in [3.05, 3.63) is 12.7 Å². The standard InChI is InChI=1S/C9H19N3O/c1-4-9(13)12(7-10-5-2)8-11-6-3/h4,10-11H,1,5-8H2,2-3H3. The minimum absolute atomic E-state index is 0.0538. The molecule has 0 bridgehead atoms. The molecular weight excluding hydrogens is 166 g/mol. The number of carbonyl (C=O) groups is 1. The highest BCUT2D eigenvalue weighted by Gasteiger charge is 2.06. The van der Waals surface area contributed by atoms with Crippen LogP contribution in [0.3, 0.4) is 0 Å². The smallest absolute Gasteiger partial charge is 0.248 e. The Morgan fingerprint density at radius 1 is 1.31 bits per heavy atom. The SMILES string of the molecule is C=CC(=O)N(CNCC)CNCC. The molecule has 4 heteroatoms. The Morgan fingerprint density at radius 2 is 1.77 bits per heavy atom. The van der Waals surface area contributed by atoms with Crippen LogP contribution in [-0.2, 0) is 4.79 Å². The molecule has 0 fully saturated rings. The van der Waals surface area contributed by atoms with E-state index in [1.807, 2.05) is 13.8 Å². The molecule has 0 aliphatic heterocycles. The van der Waals surface area contributed by atoms with Gasteiger partial charge in [0.05, 0.1) is 13.3 Å². The van der Waals surface area contributed by atoms with Crippen LogP contribution in [0.1, 0.15) is 13.8 Å². The normalized spacial score (nSPS) is 9.69. The molecule has 0 spiro atoms. The summed E-state index contributed by atoms with van der Waals surface area (Å²) in [6.45, 7) is 10.3. The summed E-state index contributed by atoms with van der Waals surface area (Å²) in [5.41, 5.74) is 0. The quantitative estimate of drug-likeness (QED) is 0.438. The molecule has 0 radical (unpaired) electrons. The van der Waals surface area contributed by atoms with Gasteiger partial charge in [-0.05, 0) is 19.2 Å². The molecule has 0 aromatic carbocycles. The maximum atomic E-state index is 11.3. The molecule has 0 aromatic rings. The zero-order valence-electron chi connectivity index (χ0n) is 8.47. The molecule has 0 heterocycles. The molecule has 0 saturated carbocycles. The van der Waals surface area contributed by atoms with E-state index in [9.17, 15) is 4.79 Å². The number of rotatable bonds is 7. The van der Waals surface area contributed by atoms with E-state index in [-0.39, 0.29) is 5.91 Å². The first-order valence-corrected chi connectivity index (χ1v) is 4.59. The molecule has 2 N–H and O–H groups in total. The lowest BCUT2D eigenvalue weighted by atomic mass is 10.5. The predicted molar refractivity (Wildman–Crippen MR) is 54.1 cm³/mol.